The molecule has 3 amide bonds. The largest absolute Gasteiger partial charge is 0.337 e. The summed E-state index contributed by atoms with van der Waals surface area (Å²) >= 11 is 0. The molecule has 7 heteroatoms. The van der Waals surface area contributed by atoms with Crippen molar-refractivity contribution in [1.29, 1.82) is 0 Å². The van der Waals surface area contributed by atoms with Gasteiger partial charge >= 0.3 is 6.03 Å². The summed E-state index contributed by atoms with van der Waals surface area (Å²) in [4.78, 5) is 31.7. The van der Waals surface area contributed by atoms with Crippen LogP contribution in [-0.2, 0) is 11.3 Å². The average molecular weight is 497 g/mol. The molecule has 2 aromatic carbocycles. The number of anilines is 1. The summed E-state index contributed by atoms with van der Waals surface area (Å²) in [6.45, 7) is 8.93. The molecule has 1 N–H and O–H groups in total. The number of nitrogens with one attached hydrogen (secondary N) is 1. The van der Waals surface area contributed by atoms with E-state index >= 15 is 0 Å². The maximum Gasteiger partial charge on any atom is 0.321 e. The topological polar surface area (TPSA) is 55.9 Å². The second-order valence-corrected chi connectivity index (χ2v) is 9.73. The third-order valence-electron chi connectivity index (χ3n) is 6.75. The van der Waals surface area contributed by atoms with Gasteiger partial charge < -0.3 is 15.1 Å². The highest BCUT2D eigenvalue weighted by molar-refractivity contribution is 5.89. The molecule has 6 nitrogen and oxygen atoms in total. The van der Waals surface area contributed by atoms with Crippen LogP contribution in [0.4, 0.5) is 14.9 Å². The number of unbranched alkanes of at least 4 members (excludes halogenated alkanes) is 4. The molecule has 0 aromatic heterocycles. The molecule has 1 fully saturated rings. The van der Waals surface area contributed by atoms with Gasteiger partial charge in [-0.2, -0.15) is 0 Å². The number of carbonyl (C=O) groups is 2. The van der Waals surface area contributed by atoms with Crippen molar-refractivity contribution in [3.63, 3.8) is 0 Å². The third kappa shape index (κ3) is 9.26. The number of hydrogen-bond acceptors (Lipinski definition) is 3. The van der Waals surface area contributed by atoms with Gasteiger partial charge in [-0.25, -0.2) is 9.18 Å². The third-order valence-corrected chi connectivity index (χ3v) is 6.75. The van der Waals surface area contributed by atoms with Crippen LogP contribution >= 0.6 is 0 Å². The number of nitrogens with zero attached hydrogens (tertiary/aromatic N) is 3. The molecular formula is C29H41FN4O2. The summed E-state index contributed by atoms with van der Waals surface area (Å²) in [5.74, 6) is -0.108. The van der Waals surface area contributed by atoms with Gasteiger partial charge in [0.25, 0.3) is 0 Å². The highest BCUT2D eigenvalue weighted by Crippen LogP contribution is 2.14. The molecule has 0 aliphatic carbocycles. The number of benzene rings is 2. The molecule has 36 heavy (non-hydrogen) atoms. The second kappa shape index (κ2) is 14.6. The normalized spacial score (nSPS) is 14.0. The van der Waals surface area contributed by atoms with E-state index in [1.165, 1.54) is 31.4 Å². The van der Waals surface area contributed by atoms with E-state index in [-0.39, 0.29) is 17.8 Å². The Morgan fingerprint density at radius 3 is 2.39 bits per heavy atom. The van der Waals surface area contributed by atoms with Gasteiger partial charge in [-0.15, -0.1) is 0 Å². The second-order valence-electron chi connectivity index (χ2n) is 9.73. The van der Waals surface area contributed by atoms with E-state index in [2.05, 4.69) is 17.1 Å². The average Bonchev–Trinajstić information content (AvgIpc) is 2.87. The smallest absolute Gasteiger partial charge is 0.321 e. The molecule has 0 atom stereocenters. The van der Waals surface area contributed by atoms with Crippen LogP contribution in [0.3, 0.4) is 0 Å². The standard InChI is InChI=1S/C29H41FN4O2/c1-3-4-5-6-7-11-28(35)34(23-25-12-14-26(30)15-13-25)21-18-32-16-19-33(20-17-32)29(36)31-27-10-8-9-24(2)22-27/h8-10,12-15,22H,3-7,11,16-21,23H2,1-2H3,(H,31,36). The molecule has 0 saturated carbocycles. The fourth-order valence-corrected chi connectivity index (χ4v) is 4.50. The Balaban J connectivity index is 1.48. The number of urea groups is 1. The van der Waals surface area contributed by atoms with Crippen molar-refractivity contribution in [2.24, 2.45) is 0 Å². The van der Waals surface area contributed by atoms with E-state index in [1.54, 1.807) is 12.1 Å². The molecule has 1 aliphatic heterocycles. The molecule has 196 valence electrons. The SMILES string of the molecule is CCCCCCCC(=O)N(CCN1CCN(C(=O)Nc2cccc(C)c2)CC1)Cc1ccc(F)cc1. The van der Waals surface area contributed by atoms with Crippen LogP contribution in [0.5, 0.6) is 0 Å². The lowest BCUT2D eigenvalue weighted by atomic mass is 10.1. The van der Waals surface area contributed by atoms with Crippen molar-refractivity contribution in [1.82, 2.24) is 14.7 Å². The number of halogens is 1. The summed E-state index contributed by atoms with van der Waals surface area (Å²) in [7, 11) is 0. The van der Waals surface area contributed by atoms with E-state index in [0.29, 0.717) is 32.6 Å². The lowest BCUT2D eigenvalue weighted by molar-refractivity contribution is -0.132. The summed E-state index contributed by atoms with van der Waals surface area (Å²) in [5.41, 5.74) is 2.86. The number of hydrogen-bond donors (Lipinski definition) is 1. The van der Waals surface area contributed by atoms with E-state index in [0.717, 1.165) is 49.3 Å². The van der Waals surface area contributed by atoms with Gasteiger partial charge in [0.15, 0.2) is 0 Å². The Bertz CT molecular complexity index is 958. The van der Waals surface area contributed by atoms with Crippen LogP contribution in [0, 0.1) is 12.7 Å². The van der Waals surface area contributed by atoms with Gasteiger partial charge in [-0.05, 0) is 48.7 Å². The quantitative estimate of drug-likeness (QED) is 0.385. The van der Waals surface area contributed by atoms with Gasteiger partial charge in [-0.1, -0.05) is 56.9 Å². The molecular weight excluding hydrogens is 455 g/mol. The van der Waals surface area contributed by atoms with Crippen LogP contribution in [0.15, 0.2) is 48.5 Å². The van der Waals surface area contributed by atoms with E-state index in [9.17, 15) is 14.0 Å². The first-order valence-corrected chi connectivity index (χ1v) is 13.3. The van der Waals surface area contributed by atoms with Crippen molar-refractivity contribution in [3.05, 3.63) is 65.5 Å². The maximum absolute atomic E-state index is 13.4. The van der Waals surface area contributed by atoms with Crippen LogP contribution < -0.4 is 5.32 Å². The first-order valence-electron chi connectivity index (χ1n) is 13.3. The Kier molecular flexibility index (Phi) is 11.2. The predicted molar refractivity (Wildman–Crippen MR) is 143 cm³/mol. The van der Waals surface area contributed by atoms with Crippen LogP contribution in [-0.4, -0.2) is 65.9 Å². The molecule has 3 rings (SSSR count). The molecule has 2 aromatic rings. The van der Waals surface area contributed by atoms with E-state index in [4.69, 9.17) is 0 Å². The number of piperazine rings is 1. The zero-order valence-corrected chi connectivity index (χ0v) is 21.8. The monoisotopic (exact) mass is 496 g/mol. The highest BCUT2D eigenvalue weighted by Gasteiger charge is 2.22. The van der Waals surface area contributed by atoms with Crippen molar-refractivity contribution in [2.45, 2.75) is 58.9 Å². The summed E-state index contributed by atoms with van der Waals surface area (Å²) < 4.78 is 13.4. The fourth-order valence-electron chi connectivity index (χ4n) is 4.50. The van der Waals surface area contributed by atoms with Gasteiger partial charge in [0.2, 0.25) is 5.91 Å². The molecule has 1 saturated heterocycles. The molecule has 0 radical (unpaired) electrons. The molecule has 0 bridgehead atoms. The van der Waals surface area contributed by atoms with Gasteiger partial charge in [0.1, 0.15) is 5.82 Å². The van der Waals surface area contributed by atoms with E-state index in [1.807, 2.05) is 41.0 Å². The minimum atomic E-state index is -0.267. The Morgan fingerprint density at radius 1 is 0.972 bits per heavy atom. The van der Waals surface area contributed by atoms with Crippen LogP contribution in [0.2, 0.25) is 0 Å². The Morgan fingerprint density at radius 2 is 1.69 bits per heavy atom. The summed E-state index contributed by atoms with van der Waals surface area (Å²) in [5, 5.41) is 2.98. The van der Waals surface area contributed by atoms with Gasteiger partial charge in [-0.3, -0.25) is 9.69 Å². The highest BCUT2D eigenvalue weighted by atomic mass is 19.1. The van der Waals surface area contributed by atoms with Gasteiger partial charge in [0, 0.05) is 57.9 Å². The Labute approximate surface area is 215 Å². The number of aryl methyl sites for hydroxylation is 1. The first kappa shape index (κ1) is 27.7. The lowest BCUT2D eigenvalue weighted by Crippen LogP contribution is -2.51. The predicted octanol–water partition coefficient (Wildman–Crippen LogP) is 5.67. The minimum Gasteiger partial charge on any atom is -0.337 e. The van der Waals surface area contributed by atoms with Crippen molar-refractivity contribution < 1.29 is 14.0 Å². The number of carbonyl (C=O) groups excluding carboxylic acids is 2. The van der Waals surface area contributed by atoms with Crippen molar-refractivity contribution >= 4 is 17.6 Å². The van der Waals surface area contributed by atoms with Crippen LogP contribution in [0.25, 0.3) is 0 Å². The van der Waals surface area contributed by atoms with Crippen LogP contribution in [0.1, 0.15) is 56.6 Å². The first-order chi connectivity index (χ1) is 17.4. The molecule has 0 spiro atoms. The number of amides is 3. The van der Waals surface area contributed by atoms with Crippen molar-refractivity contribution in [3.8, 4) is 0 Å². The minimum absolute atomic E-state index is 0.0727. The summed E-state index contributed by atoms with van der Waals surface area (Å²) in [6.07, 6.45) is 6.11. The lowest BCUT2D eigenvalue weighted by Gasteiger charge is -2.36. The Hall–Kier alpha value is -2.93. The molecule has 0 unspecified atom stereocenters. The van der Waals surface area contributed by atoms with Gasteiger partial charge in [0.05, 0.1) is 0 Å². The maximum atomic E-state index is 13.4. The molecule has 1 heterocycles. The molecule has 1 aliphatic rings. The number of rotatable bonds is 12. The van der Waals surface area contributed by atoms with E-state index < -0.39 is 0 Å². The zero-order chi connectivity index (χ0) is 25.8. The fraction of sp³-hybridized carbons (Fsp3) is 0.517. The van der Waals surface area contributed by atoms with Crippen molar-refractivity contribution in [2.75, 3.05) is 44.6 Å². The summed E-state index contributed by atoms with van der Waals surface area (Å²) in [6, 6.07) is 14.1. The zero-order valence-electron chi connectivity index (χ0n) is 21.8.